The first kappa shape index (κ1) is 15.2. The summed E-state index contributed by atoms with van der Waals surface area (Å²) in [4.78, 5) is 14.1. The highest BCUT2D eigenvalue weighted by molar-refractivity contribution is 5.48. The summed E-state index contributed by atoms with van der Waals surface area (Å²) in [6, 6.07) is 2.93. The van der Waals surface area contributed by atoms with E-state index in [1.807, 2.05) is 0 Å². The summed E-state index contributed by atoms with van der Waals surface area (Å²) in [5.41, 5.74) is 0. The fourth-order valence-corrected chi connectivity index (χ4v) is 3.97. The van der Waals surface area contributed by atoms with Gasteiger partial charge in [-0.1, -0.05) is 0 Å². The van der Waals surface area contributed by atoms with Crippen LogP contribution in [-0.2, 0) is 0 Å². The monoisotopic (exact) mass is 315 g/mol. The zero-order chi connectivity index (χ0) is 15.5. The van der Waals surface area contributed by atoms with E-state index >= 15 is 0 Å². The molecular formula is C18H29N5. The highest BCUT2D eigenvalue weighted by atomic mass is 15.2. The average molecular weight is 315 g/mol. The van der Waals surface area contributed by atoms with Gasteiger partial charge in [0, 0.05) is 31.7 Å². The number of hydrogen-bond acceptors (Lipinski definition) is 5. The smallest absolute Gasteiger partial charge is 0.134 e. The fraction of sp³-hybridized carbons (Fsp3) is 0.778. The Kier molecular flexibility index (Phi) is 4.64. The van der Waals surface area contributed by atoms with Crippen LogP contribution in [0.15, 0.2) is 12.4 Å². The molecule has 126 valence electrons. The molecule has 0 spiro atoms. The summed E-state index contributed by atoms with van der Waals surface area (Å²) in [6.07, 6.45) is 11.1. The van der Waals surface area contributed by atoms with Crippen LogP contribution in [0.3, 0.4) is 0 Å². The summed E-state index contributed by atoms with van der Waals surface area (Å²) < 4.78 is 0. The maximum Gasteiger partial charge on any atom is 0.134 e. The third-order valence-electron chi connectivity index (χ3n) is 5.60. The van der Waals surface area contributed by atoms with Gasteiger partial charge in [0.05, 0.1) is 0 Å². The van der Waals surface area contributed by atoms with Crippen LogP contribution in [0.1, 0.15) is 44.9 Å². The van der Waals surface area contributed by atoms with Gasteiger partial charge in [-0.05, 0) is 64.0 Å². The van der Waals surface area contributed by atoms with E-state index in [1.165, 1.54) is 58.0 Å². The van der Waals surface area contributed by atoms with Crippen molar-refractivity contribution in [1.82, 2.24) is 14.9 Å². The Bertz CT molecular complexity index is 510. The Morgan fingerprint density at radius 1 is 0.957 bits per heavy atom. The zero-order valence-electron chi connectivity index (χ0n) is 14.1. The number of aromatic nitrogens is 2. The van der Waals surface area contributed by atoms with E-state index in [4.69, 9.17) is 0 Å². The van der Waals surface area contributed by atoms with Crippen LogP contribution in [-0.4, -0.2) is 53.6 Å². The molecule has 1 aromatic rings. The Morgan fingerprint density at radius 3 is 2.65 bits per heavy atom. The fourth-order valence-electron chi connectivity index (χ4n) is 3.97. The largest absolute Gasteiger partial charge is 0.370 e. The molecule has 2 aliphatic heterocycles. The molecule has 4 rings (SSSR count). The van der Waals surface area contributed by atoms with Crippen LogP contribution in [0.5, 0.6) is 0 Å². The predicted octanol–water partition coefficient (Wildman–Crippen LogP) is 2.75. The molecule has 0 amide bonds. The van der Waals surface area contributed by atoms with Gasteiger partial charge in [0.25, 0.3) is 0 Å². The van der Waals surface area contributed by atoms with Crippen molar-refractivity contribution in [3.63, 3.8) is 0 Å². The lowest BCUT2D eigenvalue weighted by molar-refractivity contribution is 0.225. The first-order valence-electron chi connectivity index (χ1n) is 9.43. The van der Waals surface area contributed by atoms with Gasteiger partial charge < -0.3 is 15.1 Å². The first-order chi connectivity index (χ1) is 11.4. The maximum atomic E-state index is 4.53. The molecule has 1 unspecified atom stereocenters. The highest BCUT2D eigenvalue weighted by Crippen LogP contribution is 2.29. The van der Waals surface area contributed by atoms with Gasteiger partial charge in [-0.2, -0.15) is 0 Å². The third kappa shape index (κ3) is 3.94. The maximum absolute atomic E-state index is 4.53. The quantitative estimate of drug-likeness (QED) is 0.905. The molecule has 5 nitrogen and oxygen atoms in total. The van der Waals surface area contributed by atoms with Crippen LogP contribution in [0.2, 0.25) is 0 Å². The van der Waals surface area contributed by atoms with Crippen molar-refractivity contribution < 1.29 is 0 Å². The lowest BCUT2D eigenvalue weighted by Gasteiger charge is -2.26. The van der Waals surface area contributed by atoms with Gasteiger partial charge in [0.1, 0.15) is 18.0 Å². The van der Waals surface area contributed by atoms with E-state index < -0.39 is 0 Å². The minimum Gasteiger partial charge on any atom is -0.370 e. The minimum absolute atomic E-state index is 0.789. The van der Waals surface area contributed by atoms with Crippen LogP contribution in [0.4, 0.5) is 11.6 Å². The third-order valence-corrected chi connectivity index (χ3v) is 5.60. The lowest BCUT2D eigenvalue weighted by atomic mass is 10.1. The topological polar surface area (TPSA) is 44.3 Å². The summed E-state index contributed by atoms with van der Waals surface area (Å²) in [5.74, 6) is 2.95. The minimum atomic E-state index is 0.789. The van der Waals surface area contributed by atoms with Crippen molar-refractivity contribution >= 4 is 11.6 Å². The van der Waals surface area contributed by atoms with E-state index in [-0.39, 0.29) is 0 Å². The molecule has 1 aliphatic carbocycles. The number of nitrogens with zero attached hydrogens (tertiary/aromatic N) is 4. The summed E-state index contributed by atoms with van der Waals surface area (Å²) in [7, 11) is 0. The van der Waals surface area contributed by atoms with Crippen molar-refractivity contribution in [2.75, 3.05) is 42.9 Å². The molecule has 1 aromatic heterocycles. The lowest BCUT2D eigenvalue weighted by Crippen LogP contribution is -2.34. The number of likely N-dealkylation sites (tertiary alicyclic amines) is 1. The Hall–Kier alpha value is -1.36. The number of rotatable bonds is 5. The van der Waals surface area contributed by atoms with Crippen LogP contribution >= 0.6 is 0 Å². The molecule has 23 heavy (non-hydrogen) atoms. The van der Waals surface area contributed by atoms with Crippen molar-refractivity contribution in [2.45, 2.75) is 51.0 Å². The van der Waals surface area contributed by atoms with Gasteiger partial charge in [-0.15, -0.1) is 0 Å². The molecular weight excluding hydrogens is 286 g/mol. The highest BCUT2D eigenvalue weighted by Gasteiger charge is 2.25. The van der Waals surface area contributed by atoms with Gasteiger partial charge in [-0.25, -0.2) is 9.97 Å². The molecule has 0 bridgehead atoms. The van der Waals surface area contributed by atoms with E-state index in [0.29, 0.717) is 0 Å². The standard InChI is InChI=1S/C18H29N5/c1-2-9-22(8-1)16-4-3-10-23(11-7-16)18-12-17(20-14-21-18)19-13-15-5-6-15/h12,14-16H,1-11,13H2,(H,19,20,21). The molecule has 0 aromatic carbocycles. The van der Waals surface area contributed by atoms with Crippen molar-refractivity contribution in [3.05, 3.63) is 12.4 Å². The number of nitrogens with one attached hydrogen (secondary N) is 1. The SMILES string of the molecule is c1nc(NCC2CC2)cc(N2CCCC(N3CCCC3)CC2)n1. The number of hydrogen-bond donors (Lipinski definition) is 1. The van der Waals surface area contributed by atoms with Crippen LogP contribution < -0.4 is 10.2 Å². The molecule has 3 aliphatic rings. The summed E-state index contributed by atoms with van der Waals surface area (Å²) >= 11 is 0. The van der Waals surface area contributed by atoms with Crippen molar-refractivity contribution in [3.8, 4) is 0 Å². The molecule has 5 heteroatoms. The van der Waals surface area contributed by atoms with Crippen molar-refractivity contribution in [1.29, 1.82) is 0 Å². The molecule has 3 fully saturated rings. The van der Waals surface area contributed by atoms with Gasteiger partial charge in [-0.3, -0.25) is 0 Å². The van der Waals surface area contributed by atoms with Gasteiger partial charge in [0.2, 0.25) is 0 Å². The molecule has 1 N–H and O–H groups in total. The van der Waals surface area contributed by atoms with E-state index in [9.17, 15) is 0 Å². The Labute approximate surface area is 139 Å². The zero-order valence-corrected chi connectivity index (χ0v) is 14.1. The molecule has 1 saturated carbocycles. The predicted molar refractivity (Wildman–Crippen MR) is 93.9 cm³/mol. The normalized spacial score (nSPS) is 26.3. The second-order valence-corrected chi connectivity index (χ2v) is 7.40. The van der Waals surface area contributed by atoms with E-state index in [1.54, 1.807) is 6.33 Å². The van der Waals surface area contributed by atoms with Gasteiger partial charge in [0.15, 0.2) is 0 Å². The Morgan fingerprint density at radius 2 is 1.83 bits per heavy atom. The first-order valence-corrected chi connectivity index (χ1v) is 9.43. The summed E-state index contributed by atoms with van der Waals surface area (Å²) in [6.45, 7) is 5.94. The van der Waals surface area contributed by atoms with E-state index in [2.05, 4.69) is 31.2 Å². The molecule has 2 saturated heterocycles. The molecule has 1 atom stereocenters. The van der Waals surface area contributed by atoms with E-state index in [0.717, 1.165) is 43.2 Å². The van der Waals surface area contributed by atoms with Crippen LogP contribution in [0.25, 0.3) is 0 Å². The van der Waals surface area contributed by atoms with Gasteiger partial charge >= 0.3 is 0 Å². The Balaban J connectivity index is 1.36. The number of anilines is 2. The second-order valence-electron chi connectivity index (χ2n) is 7.40. The molecule has 3 heterocycles. The van der Waals surface area contributed by atoms with Crippen LogP contribution in [0, 0.1) is 5.92 Å². The van der Waals surface area contributed by atoms with Crippen molar-refractivity contribution in [2.24, 2.45) is 5.92 Å². The summed E-state index contributed by atoms with van der Waals surface area (Å²) in [5, 5.41) is 3.47. The average Bonchev–Trinajstić information content (AvgIpc) is 3.33. The molecule has 0 radical (unpaired) electrons. The second kappa shape index (κ2) is 7.04.